The molecule has 0 saturated carbocycles. The predicted molar refractivity (Wildman–Crippen MR) is 147 cm³/mol. The van der Waals surface area contributed by atoms with Crippen LogP contribution in [0.4, 0.5) is 5.69 Å². The molecule has 1 unspecified atom stereocenters. The highest BCUT2D eigenvalue weighted by molar-refractivity contribution is 7.13. The van der Waals surface area contributed by atoms with Crippen molar-refractivity contribution < 1.29 is 23.9 Å². The zero-order chi connectivity index (χ0) is 25.4. The fourth-order valence-corrected chi connectivity index (χ4v) is 2.38. The van der Waals surface area contributed by atoms with E-state index in [9.17, 15) is 9.59 Å². The summed E-state index contributed by atoms with van der Waals surface area (Å²) in [4.78, 5) is 42.6. The summed E-state index contributed by atoms with van der Waals surface area (Å²) in [7, 11) is 5.69. The Bertz CT molecular complexity index is 573. The van der Waals surface area contributed by atoms with Crippen molar-refractivity contribution in [1.82, 2.24) is 4.67 Å². The molecule has 0 fully saturated rings. The molecule has 8 heteroatoms. The van der Waals surface area contributed by atoms with Crippen LogP contribution in [0.3, 0.4) is 0 Å². The van der Waals surface area contributed by atoms with Crippen LogP contribution in [0.15, 0.2) is 24.3 Å². The van der Waals surface area contributed by atoms with Crippen LogP contribution >= 0.6 is 9.39 Å². The molecule has 0 aliphatic heterocycles. The zero-order valence-corrected chi connectivity index (χ0v) is 22.1. The van der Waals surface area contributed by atoms with Gasteiger partial charge in [0, 0.05) is 19.2 Å². The Hall–Kier alpha value is -2.11. The highest BCUT2D eigenvalue weighted by Gasteiger charge is 2.22. The average Bonchev–Trinajstić information content (AvgIpc) is 2.76. The molecule has 0 heterocycles. The number of methoxy groups -OCH3 is 1. The van der Waals surface area contributed by atoms with Gasteiger partial charge in [-0.1, -0.05) is 64.1 Å². The van der Waals surface area contributed by atoms with Crippen LogP contribution in [-0.4, -0.2) is 55.9 Å². The van der Waals surface area contributed by atoms with Gasteiger partial charge in [-0.2, -0.15) is 0 Å². The number of nitrogens with zero attached hydrogens (tertiary/aromatic N) is 2. The highest BCUT2D eigenvalue weighted by Crippen LogP contribution is 2.18. The lowest BCUT2D eigenvalue weighted by molar-refractivity contribution is -0.144. The molecular formula is C25H51N2O5P. The molecule has 196 valence electrons. The molecule has 0 aliphatic carbocycles. The molecule has 0 saturated heterocycles. The lowest BCUT2D eigenvalue weighted by Crippen LogP contribution is -2.35. The molecule has 1 amide bonds. The summed E-state index contributed by atoms with van der Waals surface area (Å²) in [6, 6.07) is 7.33. The fraction of sp³-hybridized carbons (Fsp3) is 0.600. The minimum Gasteiger partial charge on any atom is -0.468 e. The third-order valence-electron chi connectivity index (χ3n) is 3.34. The van der Waals surface area contributed by atoms with Gasteiger partial charge >= 0.3 is 5.97 Å². The van der Waals surface area contributed by atoms with Crippen molar-refractivity contribution in [3.8, 4) is 0 Å². The topological polar surface area (TPSA) is 84.0 Å². The van der Waals surface area contributed by atoms with Gasteiger partial charge in [0.15, 0.2) is 0 Å². The lowest BCUT2D eigenvalue weighted by atomic mass is 10.1. The fourth-order valence-electron chi connectivity index (χ4n) is 2.15. The first-order valence-corrected chi connectivity index (χ1v) is 11.0. The Kier molecular flexibility index (Phi) is 43.3. The number of anilines is 1. The summed E-state index contributed by atoms with van der Waals surface area (Å²) >= 11 is 0. The minimum absolute atomic E-state index is 0. The molecule has 0 aliphatic rings. The number of carbonyl (C=O) groups excluding carboxylic acids is 4. The summed E-state index contributed by atoms with van der Waals surface area (Å²) < 4.78 is 6.57. The first kappa shape index (κ1) is 44.5. The molecular weight excluding hydrogens is 439 g/mol. The molecule has 2 atom stereocenters. The van der Waals surface area contributed by atoms with E-state index < -0.39 is 0 Å². The predicted octanol–water partition coefficient (Wildman–Crippen LogP) is 5.60. The van der Waals surface area contributed by atoms with Gasteiger partial charge in [0.2, 0.25) is 5.91 Å². The normalized spacial score (nSPS) is 8.85. The number of aldehydes is 2. The maximum Gasteiger partial charge on any atom is 0.323 e. The number of carbonyl (C=O) groups is 4. The number of benzene rings is 1. The summed E-state index contributed by atoms with van der Waals surface area (Å²) in [5.74, 6) is -0.252. The largest absolute Gasteiger partial charge is 0.468 e. The molecule has 0 spiro atoms. The van der Waals surface area contributed by atoms with Crippen molar-refractivity contribution in [2.75, 3.05) is 25.6 Å². The quantitative estimate of drug-likeness (QED) is 0.293. The Morgan fingerprint density at radius 3 is 1.61 bits per heavy atom. The number of hydrogen-bond acceptors (Lipinski definition) is 6. The van der Waals surface area contributed by atoms with E-state index in [4.69, 9.17) is 14.3 Å². The standard InChI is InChI=1S/C15H23N2O3P.2C2H4O.2C2H6.2CH4/c1-5-17(11(2)18)13-8-6-12(7-9-13)10-14(16(3)21)15(19)20-4;2*1-2-3;2*1-2;;/h6-9,14H,5,10,21H2,1-4H3;2*2H,1H3;2*1-2H3;2*1H4/t14-;;;;;;/m0....../s1. The minimum atomic E-state index is -0.346. The first-order valence-electron chi connectivity index (χ1n) is 10.5. The Morgan fingerprint density at radius 2 is 1.36 bits per heavy atom. The highest BCUT2D eigenvalue weighted by atomic mass is 31.0. The van der Waals surface area contributed by atoms with Crippen LogP contribution in [0.25, 0.3) is 0 Å². The number of esters is 1. The van der Waals surface area contributed by atoms with E-state index in [1.54, 1.807) is 16.5 Å². The second kappa shape index (κ2) is 32.1. The van der Waals surface area contributed by atoms with Crippen LogP contribution in [0, 0.1) is 0 Å². The molecule has 7 nitrogen and oxygen atoms in total. The number of ether oxygens (including phenoxy) is 1. The SMILES string of the molecule is C.C.CC.CC.CC=O.CC=O.CCN(C(C)=O)c1ccc(C[C@@H](C(=O)OC)N(C)P)cc1. The van der Waals surface area contributed by atoms with Gasteiger partial charge in [0.1, 0.15) is 18.6 Å². The monoisotopic (exact) mass is 490 g/mol. The van der Waals surface area contributed by atoms with E-state index in [0.29, 0.717) is 13.0 Å². The molecule has 33 heavy (non-hydrogen) atoms. The van der Waals surface area contributed by atoms with Crippen LogP contribution in [0.5, 0.6) is 0 Å². The van der Waals surface area contributed by atoms with Crippen molar-refractivity contribution in [3.05, 3.63) is 29.8 Å². The molecule has 0 N–H and O–H groups in total. The van der Waals surface area contributed by atoms with Gasteiger partial charge < -0.3 is 19.2 Å². The molecule has 1 aromatic carbocycles. The van der Waals surface area contributed by atoms with Gasteiger partial charge in [-0.05, 0) is 51.9 Å². The van der Waals surface area contributed by atoms with Crippen molar-refractivity contribution in [2.24, 2.45) is 0 Å². The maximum absolute atomic E-state index is 11.7. The van der Waals surface area contributed by atoms with Crippen molar-refractivity contribution in [1.29, 1.82) is 0 Å². The number of amides is 1. The van der Waals surface area contributed by atoms with Gasteiger partial charge in [0.05, 0.1) is 7.11 Å². The van der Waals surface area contributed by atoms with Crippen LogP contribution in [0.1, 0.15) is 75.8 Å². The van der Waals surface area contributed by atoms with Crippen molar-refractivity contribution >= 4 is 39.5 Å². The van der Waals surface area contributed by atoms with Crippen LogP contribution in [-0.2, 0) is 30.3 Å². The number of likely N-dealkylation sites (N-methyl/N-ethyl adjacent to an activating group) is 1. The van der Waals surface area contributed by atoms with E-state index in [0.717, 1.165) is 23.8 Å². The van der Waals surface area contributed by atoms with E-state index in [1.807, 2.05) is 65.9 Å². The Labute approximate surface area is 206 Å². The molecule has 1 rings (SSSR count). The second-order valence-corrected chi connectivity index (χ2v) is 6.12. The van der Waals surface area contributed by atoms with Crippen molar-refractivity contribution in [2.45, 2.75) is 82.7 Å². The summed E-state index contributed by atoms with van der Waals surface area (Å²) in [5, 5.41) is 0. The lowest BCUT2D eigenvalue weighted by Gasteiger charge is -2.22. The van der Waals surface area contributed by atoms with Crippen molar-refractivity contribution in [3.63, 3.8) is 0 Å². The van der Waals surface area contributed by atoms with E-state index in [1.165, 1.54) is 21.0 Å². The number of hydrogen-bond donors (Lipinski definition) is 0. The van der Waals surface area contributed by atoms with Gasteiger partial charge in [-0.25, -0.2) is 0 Å². The Balaban J connectivity index is -0.000000131. The maximum atomic E-state index is 11.7. The van der Waals surface area contributed by atoms with E-state index in [-0.39, 0.29) is 32.8 Å². The van der Waals surface area contributed by atoms with Crippen LogP contribution < -0.4 is 4.90 Å². The van der Waals surface area contributed by atoms with Crippen LogP contribution in [0.2, 0.25) is 0 Å². The first-order chi connectivity index (χ1) is 14.7. The summed E-state index contributed by atoms with van der Waals surface area (Å²) in [6.07, 6.45) is 2.05. The summed E-state index contributed by atoms with van der Waals surface area (Å²) in [6.45, 7) is 15.0. The van der Waals surface area contributed by atoms with E-state index in [2.05, 4.69) is 9.39 Å². The zero-order valence-electron chi connectivity index (χ0n) is 21.0. The Morgan fingerprint density at radius 1 is 1.00 bits per heavy atom. The average molecular weight is 491 g/mol. The third kappa shape index (κ3) is 22.9. The molecule has 0 aromatic heterocycles. The van der Waals surface area contributed by atoms with Gasteiger partial charge in [-0.3, -0.25) is 14.3 Å². The molecule has 0 bridgehead atoms. The van der Waals surface area contributed by atoms with Gasteiger partial charge in [-0.15, -0.1) is 0 Å². The molecule has 0 radical (unpaired) electrons. The summed E-state index contributed by atoms with van der Waals surface area (Å²) in [5.41, 5.74) is 1.88. The molecule has 1 aromatic rings. The van der Waals surface area contributed by atoms with Gasteiger partial charge in [0.25, 0.3) is 0 Å². The smallest absolute Gasteiger partial charge is 0.323 e. The number of rotatable bonds is 6. The van der Waals surface area contributed by atoms with E-state index >= 15 is 0 Å². The third-order valence-corrected chi connectivity index (χ3v) is 3.70. The second-order valence-electron chi connectivity index (χ2n) is 5.31.